The topological polar surface area (TPSA) is 19.9 Å². The van der Waals surface area contributed by atoms with E-state index >= 15 is 0 Å². The maximum absolute atomic E-state index is 10.3. The van der Waals surface area contributed by atoms with E-state index in [1.807, 2.05) is 0 Å². The number of unbranched alkanes of at least 4 members (excludes halogenated alkanes) is 23. The summed E-state index contributed by atoms with van der Waals surface area (Å²) in [6.07, 6.45) is 33.7. The van der Waals surface area contributed by atoms with Crippen molar-refractivity contribution < 1.29 is 5.11 Å². The van der Waals surface area contributed by atoms with Gasteiger partial charge in [0.25, 0.3) is 0 Å². The summed E-state index contributed by atoms with van der Waals surface area (Å²) >= 11 is 0. The van der Waals surface area contributed by atoms with Crippen LogP contribution in [-0.2, 0) is 5.11 Å². The Morgan fingerprint density at radius 3 is 0.667 bits per heavy atom. The summed E-state index contributed by atoms with van der Waals surface area (Å²) in [4.78, 5) is 0. The minimum Gasteiger partial charge on any atom is -0.237 e. The third-order valence-electron chi connectivity index (χ3n) is 6.00. The van der Waals surface area contributed by atoms with Crippen molar-refractivity contribution in [2.24, 2.45) is 0 Å². The second kappa shape index (κ2) is 26.0. The first kappa shape index (κ1) is 27.0. The van der Waals surface area contributed by atoms with Crippen molar-refractivity contribution in [1.29, 1.82) is 0 Å². The summed E-state index contributed by atoms with van der Waals surface area (Å²) in [5, 5.41) is 10.3. The molecular weight excluding hydrogens is 328 g/mol. The van der Waals surface area contributed by atoms with E-state index in [1.54, 1.807) is 0 Å². The molecule has 1 heteroatoms. The van der Waals surface area contributed by atoms with Crippen LogP contribution in [0.5, 0.6) is 0 Å². The second-order valence-corrected chi connectivity index (χ2v) is 8.84. The summed E-state index contributed by atoms with van der Waals surface area (Å²) in [5.74, 6) is 0. The first-order chi connectivity index (χ1) is 13.4. The molecular formula is C26H53O. The predicted molar refractivity (Wildman–Crippen MR) is 122 cm³/mol. The molecule has 0 aromatic rings. The molecule has 0 heterocycles. The highest BCUT2D eigenvalue weighted by Gasteiger charge is 1.96. The van der Waals surface area contributed by atoms with E-state index in [-0.39, 0.29) is 6.61 Å². The molecule has 0 aliphatic carbocycles. The monoisotopic (exact) mass is 381 g/mol. The van der Waals surface area contributed by atoms with Gasteiger partial charge in [0.1, 0.15) is 0 Å². The molecule has 0 rings (SSSR count). The van der Waals surface area contributed by atoms with Crippen molar-refractivity contribution in [3.05, 3.63) is 0 Å². The number of hydrogen-bond donors (Lipinski definition) is 0. The molecule has 0 saturated heterocycles. The van der Waals surface area contributed by atoms with Crippen molar-refractivity contribution in [1.82, 2.24) is 0 Å². The van der Waals surface area contributed by atoms with Crippen LogP contribution in [0.4, 0.5) is 0 Å². The van der Waals surface area contributed by atoms with Gasteiger partial charge in [-0.2, -0.15) is 0 Å². The van der Waals surface area contributed by atoms with Crippen LogP contribution in [0.2, 0.25) is 0 Å². The van der Waals surface area contributed by atoms with Crippen LogP contribution in [0, 0.1) is 0 Å². The highest BCUT2D eigenvalue weighted by Crippen LogP contribution is 2.15. The minimum atomic E-state index is 0.124. The van der Waals surface area contributed by atoms with Gasteiger partial charge < -0.3 is 0 Å². The Balaban J connectivity index is 2.95. The Morgan fingerprint density at radius 2 is 0.481 bits per heavy atom. The molecule has 0 fully saturated rings. The summed E-state index contributed by atoms with van der Waals surface area (Å²) in [7, 11) is 0. The van der Waals surface area contributed by atoms with Crippen LogP contribution in [0.15, 0.2) is 0 Å². The first-order valence-corrected chi connectivity index (χ1v) is 13.0. The molecule has 0 aliphatic heterocycles. The van der Waals surface area contributed by atoms with Crippen LogP contribution < -0.4 is 0 Å². The van der Waals surface area contributed by atoms with Crippen molar-refractivity contribution in [2.45, 2.75) is 161 Å². The zero-order valence-electron chi connectivity index (χ0n) is 19.1. The van der Waals surface area contributed by atoms with E-state index in [0.717, 1.165) is 12.8 Å². The van der Waals surface area contributed by atoms with E-state index < -0.39 is 0 Å². The quantitative estimate of drug-likeness (QED) is 0.148. The molecule has 0 bridgehead atoms. The van der Waals surface area contributed by atoms with Crippen LogP contribution in [-0.4, -0.2) is 6.61 Å². The predicted octanol–water partition coefficient (Wildman–Crippen LogP) is 9.80. The normalized spacial score (nSPS) is 11.3. The summed E-state index contributed by atoms with van der Waals surface area (Å²) < 4.78 is 0. The van der Waals surface area contributed by atoms with Crippen LogP contribution in [0.25, 0.3) is 0 Å². The lowest BCUT2D eigenvalue weighted by molar-refractivity contribution is 0.186. The lowest BCUT2D eigenvalue weighted by atomic mass is 10.0. The van der Waals surface area contributed by atoms with Crippen LogP contribution in [0.3, 0.4) is 0 Å². The zero-order valence-corrected chi connectivity index (χ0v) is 19.1. The smallest absolute Gasteiger partial charge is 0.0822 e. The van der Waals surface area contributed by atoms with Crippen molar-refractivity contribution in [3.8, 4) is 0 Å². The number of rotatable bonds is 24. The fraction of sp³-hybridized carbons (Fsp3) is 1.00. The molecule has 0 N–H and O–H groups in total. The van der Waals surface area contributed by atoms with Crippen LogP contribution in [0.1, 0.15) is 161 Å². The standard InChI is InChI=1S/C26H53O/c1-2-3-4-5-6-7-8-9-10-11-12-13-14-15-16-17-18-19-20-21-22-23-24-25-26-27/h2-26H2,1H3. The van der Waals surface area contributed by atoms with E-state index in [1.165, 1.54) is 141 Å². The highest BCUT2D eigenvalue weighted by molar-refractivity contribution is 4.51. The van der Waals surface area contributed by atoms with E-state index in [4.69, 9.17) is 0 Å². The fourth-order valence-corrected chi connectivity index (χ4v) is 4.06. The van der Waals surface area contributed by atoms with Gasteiger partial charge in [0, 0.05) is 0 Å². The molecule has 0 unspecified atom stereocenters. The molecule has 0 saturated carbocycles. The molecule has 0 amide bonds. The van der Waals surface area contributed by atoms with Crippen molar-refractivity contribution in [2.75, 3.05) is 6.61 Å². The number of hydrogen-bond acceptors (Lipinski definition) is 0. The summed E-state index contributed by atoms with van der Waals surface area (Å²) in [6.45, 7) is 2.42. The maximum atomic E-state index is 10.3. The maximum Gasteiger partial charge on any atom is 0.0822 e. The van der Waals surface area contributed by atoms with E-state index in [2.05, 4.69) is 6.92 Å². The highest BCUT2D eigenvalue weighted by atomic mass is 16.2. The van der Waals surface area contributed by atoms with Gasteiger partial charge in [-0.05, 0) is 6.42 Å². The molecule has 0 spiro atoms. The second-order valence-electron chi connectivity index (χ2n) is 8.84. The Kier molecular flexibility index (Phi) is 25.9. The Hall–Kier alpha value is -0.0400. The zero-order chi connectivity index (χ0) is 19.7. The van der Waals surface area contributed by atoms with Crippen LogP contribution >= 0.6 is 0 Å². The molecule has 1 radical (unpaired) electrons. The van der Waals surface area contributed by atoms with E-state index in [0.29, 0.717) is 0 Å². The lowest BCUT2D eigenvalue weighted by Gasteiger charge is -2.04. The van der Waals surface area contributed by atoms with Crippen molar-refractivity contribution >= 4 is 0 Å². The summed E-state index contributed by atoms with van der Waals surface area (Å²) in [6, 6.07) is 0. The summed E-state index contributed by atoms with van der Waals surface area (Å²) in [5.41, 5.74) is 0. The van der Waals surface area contributed by atoms with Gasteiger partial charge in [-0.25, -0.2) is 5.11 Å². The average Bonchev–Trinajstić information content (AvgIpc) is 2.68. The lowest BCUT2D eigenvalue weighted by Crippen LogP contribution is -1.85. The SMILES string of the molecule is CCCCCCCCCCCCCCCCCCCCCCCCCC[O]. The van der Waals surface area contributed by atoms with Crippen molar-refractivity contribution in [3.63, 3.8) is 0 Å². The average molecular weight is 382 g/mol. The molecule has 0 aromatic carbocycles. The molecule has 27 heavy (non-hydrogen) atoms. The molecule has 0 atom stereocenters. The fourth-order valence-electron chi connectivity index (χ4n) is 4.06. The third-order valence-corrected chi connectivity index (χ3v) is 6.00. The third kappa shape index (κ3) is 26.0. The first-order valence-electron chi connectivity index (χ1n) is 13.0. The van der Waals surface area contributed by atoms with Gasteiger partial charge in [-0.15, -0.1) is 0 Å². The van der Waals surface area contributed by atoms with Gasteiger partial charge >= 0.3 is 0 Å². The van der Waals surface area contributed by atoms with E-state index in [9.17, 15) is 5.11 Å². The van der Waals surface area contributed by atoms with Gasteiger partial charge in [-0.3, -0.25) is 0 Å². The Labute approximate surface area is 173 Å². The van der Waals surface area contributed by atoms with Gasteiger partial charge in [-0.1, -0.05) is 155 Å². The molecule has 0 aromatic heterocycles. The van der Waals surface area contributed by atoms with Gasteiger partial charge in [0.05, 0.1) is 6.61 Å². The molecule has 0 aliphatic rings. The van der Waals surface area contributed by atoms with Gasteiger partial charge in [0.2, 0.25) is 0 Å². The molecule has 163 valence electrons. The minimum absolute atomic E-state index is 0.124. The molecule has 1 nitrogen and oxygen atoms in total. The van der Waals surface area contributed by atoms with Gasteiger partial charge in [0.15, 0.2) is 0 Å². The largest absolute Gasteiger partial charge is 0.237 e. The Bertz CT molecular complexity index is 214. The Morgan fingerprint density at radius 1 is 0.296 bits per heavy atom.